The quantitative estimate of drug-likeness (QED) is 0.313. The van der Waals surface area contributed by atoms with Crippen molar-refractivity contribution < 1.29 is 13.2 Å². The van der Waals surface area contributed by atoms with Crippen LogP contribution in [-0.4, -0.2) is 70.1 Å². The van der Waals surface area contributed by atoms with E-state index in [1.54, 1.807) is 24.7 Å². The molecule has 1 fully saturated rings. The number of hydrogen-bond acceptors (Lipinski definition) is 7. The van der Waals surface area contributed by atoms with Gasteiger partial charge < -0.3 is 9.30 Å². The molecule has 0 atom stereocenters. The standard InChI is InChI=1S/C23H33N7O4SSi/c1-17(2)35(32,33)29-13-23(14-29,7-8-24)30-12-19(22(31)27-30)20-18-6-9-28(21(18)26-15-25-20)16-34-10-11-36(3,4)5/h6,9,12,15,17H,7,10-11,13-14,16H2,1-5H3,(H,27,31). The van der Waals surface area contributed by atoms with Crippen LogP contribution in [0.15, 0.2) is 29.6 Å². The van der Waals surface area contributed by atoms with Crippen molar-refractivity contribution in [2.24, 2.45) is 0 Å². The van der Waals surface area contributed by atoms with Gasteiger partial charge in [-0.2, -0.15) is 9.57 Å². The summed E-state index contributed by atoms with van der Waals surface area (Å²) in [5.74, 6) is 0. The molecule has 194 valence electrons. The van der Waals surface area contributed by atoms with Gasteiger partial charge in [-0.05, 0) is 26.0 Å². The number of hydrogen-bond donors (Lipinski definition) is 1. The number of fused-ring (bicyclic) bond motifs is 1. The van der Waals surface area contributed by atoms with E-state index in [1.165, 1.54) is 10.6 Å². The molecule has 1 aliphatic rings. The second-order valence-electron chi connectivity index (χ2n) is 10.9. The molecule has 36 heavy (non-hydrogen) atoms. The highest BCUT2D eigenvalue weighted by Gasteiger charge is 2.50. The normalized spacial score (nSPS) is 16.4. The summed E-state index contributed by atoms with van der Waals surface area (Å²) in [6, 6.07) is 5.06. The van der Waals surface area contributed by atoms with E-state index in [0.717, 1.165) is 6.04 Å². The number of sulfonamides is 1. The van der Waals surface area contributed by atoms with Gasteiger partial charge in [-0.1, -0.05) is 19.6 Å². The minimum atomic E-state index is -3.45. The molecule has 1 saturated heterocycles. The van der Waals surface area contributed by atoms with E-state index < -0.39 is 28.9 Å². The Labute approximate surface area is 211 Å². The van der Waals surface area contributed by atoms with Gasteiger partial charge in [0.15, 0.2) is 0 Å². The Morgan fingerprint density at radius 3 is 2.64 bits per heavy atom. The average molecular weight is 532 g/mol. The van der Waals surface area contributed by atoms with Gasteiger partial charge in [0.2, 0.25) is 10.0 Å². The lowest BCUT2D eigenvalue weighted by atomic mass is 9.89. The minimum Gasteiger partial charge on any atom is -0.361 e. The monoisotopic (exact) mass is 531 g/mol. The fourth-order valence-electron chi connectivity index (χ4n) is 4.26. The Kier molecular flexibility index (Phi) is 7.00. The number of rotatable bonds is 10. The fourth-order valence-corrected chi connectivity index (χ4v) is 6.46. The molecule has 0 spiro atoms. The van der Waals surface area contributed by atoms with Crippen molar-refractivity contribution in [3.05, 3.63) is 35.1 Å². The van der Waals surface area contributed by atoms with Gasteiger partial charge in [0.1, 0.15) is 24.2 Å². The number of H-pyrrole nitrogens is 1. The van der Waals surface area contributed by atoms with Crippen LogP contribution in [0.2, 0.25) is 25.7 Å². The van der Waals surface area contributed by atoms with Gasteiger partial charge in [-0.15, -0.1) is 0 Å². The Bertz CT molecular complexity index is 1450. The van der Waals surface area contributed by atoms with Crippen molar-refractivity contribution in [2.75, 3.05) is 19.7 Å². The Morgan fingerprint density at radius 1 is 1.28 bits per heavy atom. The third-order valence-electron chi connectivity index (χ3n) is 6.58. The minimum absolute atomic E-state index is 0.0610. The van der Waals surface area contributed by atoms with Crippen molar-refractivity contribution in [2.45, 2.75) is 63.5 Å². The van der Waals surface area contributed by atoms with Crippen molar-refractivity contribution in [1.82, 2.24) is 28.6 Å². The zero-order chi connectivity index (χ0) is 26.3. The lowest BCUT2D eigenvalue weighted by Gasteiger charge is -2.48. The van der Waals surface area contributed by atoms with E-state index in [-0.39, 0.29) is 25.1 Å². The summed E-state index contributed by atoms with van der Waals surface area (Å²) < 4.78 is 35.8. The number of nitriles is 1. The molecule has 0 saturated carbocycles. The van der Waals surface area contributed by atoms with E-state index >= 15 is 0 Å². The molecule has 0 aliphatic carbocycles. The van der Waals surface area contributed by atoms with Crippen molar-refractivity contribution in [3.63, 3.8) is 0 Å². The van der Waals surface area contributed by atoms with Gasteiger partial charge in [0.05, 0.1) is 29.0 Å². The number of ether oxygens (including phenoxy) is 1. The number of nitrogens with one attached hydrogen (secondary N) is 1. The van der Waals surface area contributed by atoms with Crippen LogP contribution in [0.3, 0.4) is 0 Å². The molecule has 0 amide bonds. The lowest BCUT2D eigenvalue weighted by molar-refractivity contribution is 0.0707. The van der Waals surface area contributed by atoms with Crippen LogP contribution in [0.4, 0.5) is 0 Å². The molecule has 4 rings (SSSR count). The van der Waals surface area contributed by atoms with E-state index in [4.69, 9.17) is 4.74 Å². The molecule has 3 aromatic heterocycles. The zero-order valence-electron chi connectivity index (χ0n) is 21.4. The van der Waals surface area contributed by atoms with Gasteiger partial charge in [0.25, 0.3) is 5.56 Å². The van der Waals surface area contributed by atoms with Crippen molar-refractivity contribution >= 4 is 29.1 Å². The van der Waals surface area contributed by atoms with E-state index in [1.807, 2.05) is 16.8 Å². The van der Waals surface area contributed by atoms with Gasteiger partial charge in [0, 0.05) is 45.6 Å². The molecule has 0 bridgehead atoms. The summed E-state index contributed by atoms with van der Waals surface area (Å²) in [5, 5.41) is 12.4. The highest BCUT2D eigenvalue weighted by Crippen LogP contribution is 2.36. The Morgan fingerprint density at radius 2 is 2.00 bits per heavy atom. The summed E-state index contributed by atoms with van der Waals surface area (Å²) >= 11 is 0. The molecule has 4 heterocycles. The van der Waals surface area contributed by atoms with Crippen LogP contribution in [0.5, 0.6) is 0 Å². The average Bonchev–Trinajstić information content (AvgIpc) is 3.36. The zero-order valence-corrected chi connectivity index (χ0v) is 23.2. The fraction of sp³-hybridized carbons (Fsp3) is 0.565. The maximum atomic E-state index is 13.0. The van der Waals surface area contributed by atoms with E-state index in [0.29, 0.717) is 35.6 Å². The first kappa shape index (κ1) is 26.3. The third-order valence-corrected chi connectivity index (χ3v) is 10.5. The Hall–Kier alpha value is -2.79. The molecule has 1 N–H and O–H groups in total. The summed E-state index contributed by atoms with van der Waals surface area (Å²) in [6.45, 7) is 11.4. The molecule has 13 heteroatoms. The summed E-state index contributed by atoms with van der Waals surface area (Å²) in [5.41, 5.74) is 0.263. The van der Waals surface area contributed by atoms with Crippen LogP contribution in [-0.2, 0) is 27.0 Å². The summed E-state index contributed by atoms with van der Waals surface area (Å²) in [7, 11) is -4.64. The Balaban J connectivity index is 1.61. The number of aromatic amines is 1. The molecule has 3 aromatic rings. The summed E-state index contributed by atoms with van der Waals surface area (Å²) in [6.07, 6.45) is 4.97. The van der Waals surface area contributed by atoms with E-state index in [2.05, 4.69) is 40.8 Å². The second kappa shape index (κ2) is 9.58. The first-order valence-electron chi connectivity index (χ1n) is 11.9. The molecule has 0 unspecified atom stereocenters. The molecule has 1 aliphatic heterocycles. The first-order valence-corrected chi connectivity index (χ1v) is 17.1. The van der Waals surface area contributed by atoms with Gasteiger partial charge in [-0.3, -0.25) is 14.6 Å². The highest BCUT2D eigenvalue weighted by atomic mass is 32.2. The van der Waals surface area contributed by atoms with Crippen LogP contribution in [0, 0.1) is 11.3 Å². The smallest absolute Gasteiger partial charge is 0.273 e. The SMILES string of the molecule is CC(C)S(=O)(=O)N1CC(CC#N)(n2cc(-c3ncnc4c3ccn4COCC[Si](C)(C)C)c(=O)[nH]2)C1. The third kappa shape index (κ3) is 4.90. The molecule has 0 radical (unpaired) electrons. The van der Waals surface area contributed by atoms with Gasteiger partial charge >= 0.3 is 0 Å². The number of aromatic nitrogens is 5. The van der Waals surface area contributed by atoms with Crippen molar-refractivity contribution in [1.29, 1.82) is 5.26 Å². The van der Waals surface area contributed by atoms with Crippen LogP contribution < -0.4 is 5.56 Å². The maximum Gasteiger partial charge on any atom is 0.273 e. The van der Waals surface area contributed by atoms with Crippen LogP contribution in [0.1, 0.15) is 20.3 Å². The predicted octanol–water partition coefficient (Wildman–Crippen LogP) is 2.56. The van der Waals surface area contributed by atoms with E-state index in [9.17, 15) is 18.5 Å². The molecule has 0 aromatic carbocycles. The topological polar surface area (TPSA) is 139 Å². The van der Waals surface area contributed by atoms with Gasteiger partial charge in [-0.25, -0.2) is 18.4 Å². The van der Waals surface area contributed by atoms with Crippen molar-refractivity contribution in [3.8, 4) is 17.3 Å². The second-order valence-corrected chi connectivity index (χ2v) is 19.0. The lowest BCUT2D eigenvalue weighted by Crippen LogP contribution is -2.65. The highest BCUT2D eigenvalue weighted by molar-refractivity contribution is 7.89. The van der Waals surface area contributed by atoms with Crippen LogP contribution >= 0.6 is 0 Å². The molecular weight excluding hydrogens is 498 g/mol. The number of nitrogens with zero attached hydrogens (tertiary/aromatic N) is 6. The maximum absolute atomic E-state index is 13.0. The van der Waals surface area contributed by atoms with Crippen LogP contribution in [0.25, 0.3) is 22.3 Å². The molecular formula is C23H33N7O4SSi. The predicted molar refractivity (Wildman–Crippen MR) is 140 cm³/mol. The molecule has 11 nitrogen and oxygen atoms in total. The summed E-state index contributed by atoms with van der Waals surface area (Å²) in [4.78, 5) is 21.8. The largest absolute Gasteiger partial charge is 0.361 e. The first-order chi connectivity index (χ1) is 16.9.